The van der Waals surface area contributed by atoms with Crippen LogP contribution in [-0.4, -0.2) is 22.7 Å². The van der Waals surface area contributed by atoms with Gasteiger partial charge in [-0.15, -0.1) is 0 Å². The molecule has 2 aromatic rings. The van der Waals surface area contributed by atoms with Crippen LogP contribution in [0.4, 0.5) is 5.69 Å². The summed E-state index contributed by atoms with van der Waals surface area (Å²) >= 11 is 0. The number of aromatic nitrogens is 1. The van der Waals surface area contributed by atoms with E-state index in [1.807, 2.05) is 6.92 Å². The molecule has 7 heteroatoms. The fourth-order valence-corrected chi connectivity index (χ4v) is 1.69. The maximum absolute atomic E-state index is 11.6. The first kappa shape index (κ1) is 13.7. The molecular formula is C13H12N2O5. The van der Waals surface area contributed by atoms with Gasteiger partial charge in [0.2, 0.25) is 0 Å². The van der Waals surface area contributed by atoms with Gasteiger partial charge < -0.3 is 9.26 Å². The Bertz CT molecular complexity index is 645. The molecule has 7 nitrogen and oxygen atoms in total. The number of ether oxygens (including phenoxy) is 1. The number of benzene rings is 1. The van der Waals surface area contributed by atoms with Crippen LogP contribution < -0.4 is 0 Å². The lowest BCUT2D eigenvalue weighted by molar-refractivity contribution is -0.384. The summed E-state index contributed by atoms with van der Waals surface area (Å²) in [5.74, 6) is -1.39. The summed E-state index contributed by atoms with van der Waals surface area (Å²) in [5.41, 5.74) is 1.04. The maximum atomic E-state index is 11.6. The van der Waals surface area contributed by atoms with E-state index in [4.69, 9.17) is 9.26 Å². The molecule has 0 fully saturated rings. The first-order chi connectivity index (χ1) is 9.54. The van der Waals surface area contributed by atoms with E-state index in [0.29, 0.717) is 5.56 Å². The van der Waals surface area contributed by atoms with E-state index in [9.17, 15) is 14.9 Å². The van der Waals surface area contributed by atoms with Gasteiger partial charge in [-0.2, -0.15) is 0 Å². The van der Waals surface area contributed by atoms with Crippen molar-refractivity contribution < 1.29 is 19.0 Å². The summed E-state index contributed by atoms with van der Waals surface area (Å²) in [4.78, 5) is 22.1. The molecule has 1 aromatic heterocycles. The van der Waals surface area contributed by atoms with Gasteiger partial charge in [-0.25, -0.2) is 4.79 Å². The van der Waals surface area contributed by atoms with Crippen LogP contribution in [0.2, 0.25) is 0 Å². The number of carbonyl (C=O) groups is 1. The van der Waals surface area contributed by atoms with E-state index >= 15 is 0 Å². The molecule has 0 N–H and O–H groups in total. The van der Waals surface area contributed by atoms with E-state index in [0.717, 1.165) is 5.56 Å². The van der Waals surface area contributed by atoms with Crippen molar-refractivity contribution in [3.8, 4) is 11.3 Å². The zero-order valence-electron chi connectivity index (χ0n) is 11.0. The first-order valence-corrected chi connectivity index (χ1v) is 5.92. The zero-order chi connectivity index (χ0) is 14.7. The Kier molecular flexibility index (Phi) is 3.79. The lowest BCUT2D eigenvalue weighted by atomic mass is 10.1. The van der Waals surface area contributed by atoms with E-state index < -0.39 is 22.3 Å². The van der Waals surface area contributed by atoms with Gasteiger partial charge in [-0.05, 0) is 13.8 Å². The van der Waals surface area contributed by atoms with Gasteiger partial charge in [0, 0.05) is 5.56 Å². The predicted octanol–water partition coefficient (Wildman–Crippen LogP) is 2.73. The molecule has 1 aromatic carbocycles. The molecule has 20 heavy (non-hydrogen) atoms. The van der Waals surface area contributed by atoms with Gasteiger partial charge in [0.05, 0.1) is 11.5 Å². The molecule has 0 bridgehead atoms. The molecule has 0 aliphatic heterocycles. The van der Waals surface area contributed by atoms with Crippen LogP contribution in [0.3, 0.4) is 0 Å². The summed E-state index contributed by atoms with van der Waals surface area (Å²) in [5, 5.41) is 14.8. The molecule has 0 saturated carbocycles. The highest BCUT2D eigenvalue weighted by Crippen LogP contribution is 2.32. The minimum absolute atomic E-state index is 0.0121. The Balaban J connectivity index is 2.52. The topological polar surface area (TPSA) is 95.5 Å². The van der Waals surface area contributed by atoms with Gasteiger partial charge in [-0.1, -0.05) is 35.0 Å². The Morgan fingerprint density at radius 1 is 1.40 bits per heavy atom. The van der Waals surface area contributed by atoms with Crippen LogP contribution in [0.5, 0.6) is 0 Å². The van der Waals surface area contributed by atoms with Crippen LogP contribution in [0.25, 0.3) is 11.3 Å². The van der Waals surface area contributed by atoms with Crippen molar-refractivity contribution in [2.24, 2.45) is 0 Å². The third-order valence-corrected chi connectivity index (χ3v) is 2.64. The number of rotatable bonds is 4. The van der Waals surface area contributed by atoms with Gasteiger partial charge in [-0.3, -0.25) is 10.1 Å². The highest BCUT2D eigenvalue weighted by atomic mass is 16.6. The Morgan fingerprint density at radius 3 is 2.60 bits per heavy atom. The second-order valence-electron chi connectivity index (χ2n) is 4.05. The van der Waals surface area contributed by atoms with Crippen molar-refractivity contribution in [3.05, 3.63) is 45.7 Å². The normalized spacial score (nSPS) is 10.3. The Hall–Kier alpha value is -2.70. The van der Waals surface area contributed by atoms with E-state index in [1.54, 1.807) is 31.2 Å². The molecule has 0 unspecified atom stereocenters. The van der Waals surface area contributed by atoms with Crippen molar-refractivity contribution >= 4 is 11.7 Å². The van der Waals surface area contributed by atoms with Gasteiger partial charge in [0.25, 0.3) is 0 Å². The quantitative estimate of drug-likeness (QED) is 0.484. The molecule has 1 heterocycles. The number of hydrogen-bond acceptors (Lipinski definition) is 6. The lowest BCUT2D eigenvalue weighted by Crippen LogP contribution is -2.06. The third kappa shape index (κ3) is 2.51. The Labute approximate surface area is 114 Å². The number of hydrogen-bond donors (Lipinski definition) is 0. The summed E-state index contributed by atoms with van der Waals surface area (Å²) in [6.07, 6.45) is 0. The molecule has 0 aliphatic carbocycles. The minimum Gasteiger partial charge on any atom is -0.460 e. The maximum Gasteiger partial charge on any atom is 0.384 e. The zero-order valence-corrected chi connectivity index (χ0v) is 11.0. The standard InChI is InChI=1S/C13H12N2O5/c1-3-19-13(16)12-11(15(17)18)10(14-20-12)9-6-4-8(2)5-7-9/h4-7H,3H2,1-2H3. The van der Waals surface area contributed by atoms with E-state index in [1.165, 1.54) is 0 Å². The SMILES string of the molecule is CCOC(=O)c1onc(-c2ccc(C)cc2)c1[N+](=O)[O-]. The number of esters is 1. The second kappa shape index (κ2) is 5.52. The second-order valence-corrected chi connectivity index (χ2v) is 4.05. The minimum atomic E-state index is -0.898. The van der Waals surface area contributed by atoms with Crippen LogP contribution >= 0.6 is 0 Å². The highest BCUT2D eigenvalue weighted by Gasteiger charge is 2.33. The van der Waals surface area contributed by atoms with Gasteiger partial charge in [0.1, 0.15) is 0 Å². The van der Waals surface area contributed by atoms with Crippen molar-refractivity contribution in [1.82, 2.24) is 5.16 Å². The molecule has 0 saturated heterocycles. The fraction of sp³-hybridized carbons (Fsp3) is 0.231. The van der Waals surface area contributed by atoms with Crippen LogP contribution in [0.1, 0.15) is 23.0 Å². The lowest BCUT2D eigenvalue weighted by Gasteiger charge is -1.98. The molecule has 0 amide bonds. The number of nitro groups is 1. The molecule has 0 atom stereocenters. The van der Waals surface area contributed by atoms with Crippen molar-refractivity contribution in [2.75, 3.05) is 6.61 Å². The predicted molar refractivity (Wildman–Crippen MR) is 69.3 cm³/mol. The van der Waals surface area contributed by atoms with Crippen LogP contribution in [0, 0.1) is 17.0 Å². The van der Waals surface area contributed by atoms with E-state index in [2.05, 4.69) is 5.16 Å². The fourth-order valence-electron chi connectivity index (χ4n) is 1.69. The highest BCUT2D eigenvalue weighted by molar-refractivity contribution is 5.94. The Morgan fingerprint density at radius 2 is 2.05 bits per heavy atom. The molecule has 0 aliphatic rings. The molecule has 0 radical (unpaired) electrons. The van der Waals surface area contributed by atoms with Crippen molar-refractivity contribution in [2.45, 2.75) is 13.8 Å². The van der Waals surface area contributed by atoms with E-state index in [-0.39, 0.29) is 12.3 Å². The van der Waals surface area contributed by atoms with Crippen molar-refractivity contribution in [3.63, 3.8) is 0 Å². The van der Waals surface area contributed by atoms with Crippen LogP contribution in [-0.2, 0) is 4.74 Å². The van der Waals surface area contributed by atoms with Crippen molar-refractivity contribution in [1.29, 1.82) is 0 Å². The largest absolute Gasteiger partial charge is 0.460 e. The monoisotopic (exact) mass is 276 g/mol. The summed E-state index contributed by atoms with van der Waals surface area (Å²) in [7, 11) is 0. The summed E-state index contributed by atoms with van der Waals surface area (Å²) in [6, 6.07) is 6.93. The van der Waals surface area contributed by atoms with Crippen LogP contribution in [0.15, 0.2) is 28.8 Å². The molecular weight excluding hydrogens is 264 g/mol. The number of nitrogens with zero attached hydrogens (tertiary/aromatic N) is 2. The average molecular weight is 276 g/mol. The summed E-state index contributed by atoms with van der Waals surface area (Å²) in [6.45, 7) is 3.59. The summed E-state index contributed by atoms with van der Waals surface area (Å²) < 4.78 is 9.50. The molecule has 104 valence electrons. The number of carbonyl (C=O) groups excluding carboxylic acids is 1. The molecule has 2 rings (SSSR count). The third-order valence-electron chi connectivity index (χ3n) is 2.64. The molecule has 0 spiro atoms. The smallest absolute Gasteiger partial charge is 0.384 e. The first-order valence-electron chi connectivity index (χ1n) is 5.92. The number of aryl methyl sites for hydroxylation is 1. The van der Waals surface area contributed by atoms with Gasteiger partial charge >= 0.3 is 17.4 Å². The van der Waals surface area contributed by atoms with Gasteiger partial charge in [0.15, 0.2) is 5.69 Å². The average Bonchev–Trinajstić information content (AvgIpc) is 2.84.